The molecule has 2 aromatic heterocycles. The summed E-state index contributed by atoms with van der Waals surface area (Å²) >= 11 is 0. The van der Waals surface area contributed by atoms with E-state index < -0.39 is 0 Å². The molecule has 2 heterocycles. The fourth-order valence-corrected chi connectivity index (χ4v) is 2.67. The Kier molecular flexibility index (Phi) is 5.38. The first kappa shape index (κ1) is 17.8. The molecule has 0 aliphatic rings. The summed E-state index contributed by atoms with van der Waals surface area (Å²) in [6, 6.07) is 9.74. The first-order chi connectivity index (χ1) is 12.5. The van der Waals surface area contributed by atoms with Crippen molar-refractivity contribution < 1.29 is 9.18 Å². The second-order valence-electron chi connectivity index (χ2n) is 6.12. The van der Waals surface area contributed by atoms with Gasteiger partial charge in [0.25, 0.3) is 5.91 Å². The lowest BCUT2D eigenvalue weighted by molar-refractivity contribution is 0.0941. The third-order valence-electron chi connectivity index (χ3n) is 4.09. The zero-order valence-electron chi connectivity index (χ0n) is 14.6. The number of nitrogens with zero attached hydrogens (tertiary/aromatic N) is 4. The summed E-state index contributed by atoms with van der Waals surface area (Å²) in [4.78, 5) is 22.6. The van der Waals surface area contributed by atoms with Crippen molar-refractivity contribution in [3.63, 3.8) is 0 Å². The number of hydrogen-bond donors (Lipinski definition) is 1. The van der Waals surface area contributed by atoms with Crippen LogP contribution in [0.15, 0.2) is 61.3 Å². The van der Waals surface area contributed by atoms with Crippen molar-refractivity contribution in [3.05, 3.63) is 78.3 Å². The number of halogens is 1. The molecule has 3 rings (SSSR count). The van der Waals surface area contributed by atoms with Crippen LogP contribution in [0.25, 0.3) is 5.82 Å². The van der Waals surface area contributed by atoms with Crippen LogP contribution in [-0.2, 0) is 0 Å². The largest absolute Gasteiger partial charge is 0.350 e. The fourth-order valence-electron chi connectivity index (χ4n) is 2.67. The standard InChI is InChI=1S/C19H20FN5O/c1-24(2)17(14-4-3-5-16(20)10-14)12-23-19(26)15-6-7-18(22-11-15)25-9-8-21-13-25/h3-11,13,17H,12H2,1-2H3,(H,23,26). The monoisotopic (exact) mass is 353 g/mol. The summed E-state index contributed by atoms with van der Waals surface area (Å²) in [6.07, 6.45) is 6.61. The minimum atomic E-state index is -0.292. The van der Waals surface area contributed by atoms with Gasteiger partial charge in [0.1, 0.15) is 18.0 Å². The smallest absolute Gasteiger partial charge is 0.252 e. The van der Waals surface area contributed by atoms with Crippen molar-refractivity contribution in [1.29, 1.82) is 0 Å². The Morgan fingerprint density at radius 2 is 2.15 bits per heavy atom. The van der Waals surface area contributed by atoms with Gasteiger partial charge in [-0.15, -0.1) is 0 Å². The highest BCUT2D eigenvalue weighted by Gasteiger charge is 2.16. The molecule has 0 aliphatic heterocycles. The van der Waals surface area contributed by atoms with E-state index >= 15 is 0 Å². The molecule has 6 nitrogen and oxygen atoms in total. The molecule has 1 aromatic carbocycles. The SMILES string of the molecule is CN(C)C(CNC(=O)c1ccc(-n2ccnc2)nc1)c1cccc(F)c1. The second kappa shape index (κ2) is 7.88. The number of carbonyl (C=O) groups is 1. The average Bonchev–Trinajstić information content (AvgIpc) is 3.16. The van der Waals surface area contributed by atoms with E-state index in [1.807, 2.05) is 25.1 Å². The highest BCUT2D eigenvalue weighted by atomic mass is 19.1. The molecular weight excluding hydrogens is 333 g/mol. The summed E-state index contributed by atoms with van der Waals surface area (Å²) in [5.41, 5.74) is 1.27. The highest BCUT2D eigenvalue weighted by Crippen LogP contribution is 2.18. The highest BCUT2D eigenvalue weighted by molar-refractivity contribution is 5.93. The Labute approximate surface area is 151 Å². The van der Waals surface area contributed by atoms with Gasteiger partial charge >= 0.3 is 0 Å². The van der Waals surface area contributed by atoms with Gasteiger partial charge in [-0.2, -0.15) is 0 Å². The number of pyridine rings is 1. The van der Waals surface area contributed by atoms with E-state index in [2.05, 4.69) is 15.3 Å². The number of amides is 1. The lowest BCUT2D eigenvalue weighted by Gasteiger charge is -2.25. The van der Waals surface area contributed by atoms with E-state index in [0.717, 1.165) is 5.56 Å². The number of aromatic nitrogens is 3. The van der Waals surface area contributed by atoms with Crippen molar-refractivity contribution in [2.24, 2.45) is 0 Å². The van der Waals surface area contributed by atoms with E-state index in [-0.39, 0.29) is 17.8 Å². The zero-order valence-corrected chi connectivity index (χ0v) is 14.6. The first-order valence-electron chi connectivity index (χ1n) is 8.19. The van der Waals surface area contributed by atoms with Crippen molar-refractivity contribution in [2.45, 2.75) is 6.04 Å². The fraction of sp³-hybridized carbons (Fsp3) is 0.211. The predicted octanol–water partition coefficient (Wildman–Crippen LogP) is 2.44. The number of imidazole rings is 1. The van der Waals surface area contributed by atoms with Gasteiger partial charge in [0, 0.05) is 25.1 Å². The maximum absolute atomic E-state index is 13.5. The van der Waals surface area contributed by atoms with E-state index in [0.29, 0.717) is 17.9 Å². The molecule has 0 aliphatic carbocycles. The number of benzene rings is 1. The Hall–Kier alpha value is -3.06. The second-order valence-corrected chi connectivity index (χ2v) is 6.12. The van der Waals surface area contributed by atoms with Crippen LogP contribution in [0, 0.1) is 5.82 Å². The number of carbonyl (C=O) groups excluding carboxylic acids is 1. The van der Waals surface area contributed by atoms with E-state index in [4.69, 9.17) is 0 Å². The summed E-state index contributed by atoms with van der Waals surface area (Å²) in [7, 11) is 3.78. The van der Waals surface area contributed by atoms with Crippen molar-refractivity contribution >= 4 is 5.91 Å². The van der Waals surface area contributed by atoms with Gasteiger partial charge in [-0.3, -0.25) is 9.36 Å². The van der Waals surface area contributed by atoms with E-state index in [1.165, 1.54) is 18.3 Å². The molecule has 0 fully saturated rings. The van der Waals surface area contributed by atoms with Gasteiger partial charge in [-0.1, -0.05) is 12.1 Å². The predicted molar refractivity (Wildman–Crippen MR) is 96.5 cm³/mol. The van der Waals surface area contributed by atoms with Crippen molar-refractivity contribution in [3.8, 4) is 5.82 Å². The van der Waals surface area contributed by atoms with E-state index in [1.54, 1.807) is 41.5 Å². The minimum absolute atomic E-state index is 0.132. The topological polar surface area (TPSA) is 63.1 Å². The molecule has 0 saturated heterocycles. The maximum Gasteiger partial charge on any atom is 0.252 e. The number of hydrogen-bond acceptors (Lipinski definition) is 4. The quantitative estimate of drug-likeness (QED) is 0.739. The summed E-state index contributed by atoms with van der Waals surface area (Å²) in [5.74, 6) is 0.169. The molecule has 1 unspecified atom stereocenters. The summed E-state index contributed by atoms with van der Waals surface area (Å²) in [5, 5.41) is 2.89. The Morgan fingerprint density at radius 1 is 1.31 bits per heavy atom. The normalized spacial score (nSPS) is 12.2. The zero-order chi connectivity index (χ0) is 18.5. The van der Waals surface area contributed by atoms with Crippen LogP contribution in [0.1, 0.15) is 22.0 Å². The number of nitrogens with one attached hydrogen (secondary N) is 1. The van der Waals surface area contributed by atoms with Gasteiger partial charge in [-0.25, -0.2) is 14.4 Å². The summed E-state index contributed by atoms with van der Waals surface area (Å²) < 4.78 is 15.2. The molecule has 0 radical (unpaired) electrons. The minimum Gasteiger partial charge on any atom is -0.350 e. The third kappa shape index (κ3) is 4.12. The number of rotatable bonds is 6. The third-order valence-corrected chi connectivity index (χ3v) is 4.09. The molecule has 0 spiro atoms. The Bertz CT molecular complexity index is 862. The van der Waals surface area contributed by atoms with Crippen LogP contribution in [0.5, 0.6) is 0 Å². The van der Waals surface area contributed by atoms with Crippen LogP contribution >= 0.6 is 0 Å². The molecule has 3 aromatic rings. The average molecular weight is 353 g/mol. The van der Waals surface area contributed by atoms with Gasteiger partial charge in [0.05, 0.1) is 11.6 Å². The van der Waals surface area contributed by atoms with Gasteiger partial charge in [0.15, 0.2) is 0 Å². The molecule has 1 amide bonds. The summed E-state index contributed by atoms with van der Waals surface area (Å²) in [6.45, 7) is 0.360. The molecule has 0 saturated carbocycles. The molecule has 7 heteroatoms. The maximum atomic E-state index is 13.5. The van der Waals surface area contributed by atoms with Crippen LogP contribution < -0.4 is 5.32 Å². The molecule has 1 N–H and O–H groups in total. The van der Waals surface area contributed by atoms with E-state index in [9.17, 15) is 9.18 Å². The molecule has 0 bridgehead atoms. The Balaban J connectivity index is 1.67. The van der Waals surface area contributed by atoms with Crippen LogP contribution in [-0.4, -0.2) is 46.0 Å². The molecular formula is C19H20FN5O. The van der Waals surface area contributed by atoms with Gasteiger partial charge in [0.2, 0.25) is 0 Å². The molecule has 26 heavy (non-hydrogen) atoms. The Morgan fingerprint density at radius 3 is 2.77 bits per heavy atom. The van der Waals surface area contributed by atoms with Crippen molar-refractivity contribution in [2.75, 3.05) is 20.6 Å². The lowest BCUT2D eigenvalue weighted by atomic mass is 10.1. The molecule has 1 atom stereocenters. The van der Waals surface area contributed by atoms with Gasteiger partial charge < -0.3 is 10.2 Å². The lowest BCUT2D eigenvalue weighted by Crippen LogP contribution is -2.34. The van der Waals surface area contributed by atoms with Crippen LogP contribution in [0.3, 0.4) is 0 Å². The first-order valence-corrected chi connectivity index (χ1v) is 8.19. The van der Waals surface area contributed by atoms with Gasteiger partial charge in [-0.05, 0) is 43.9 Å². The van der Waals surface area contributed by atoms with Crippen LogP contribution in [0.2, 0.25) is 0 Å². The molecule has 134 valence electrons. The van der Waals surface area contributed by atoms with Crippen LogP contribution in [0.4, 0.5) is 4.39 Å². The van der Waals surface area contributed by atoms with Crippen molar-refractivity contribution in [1.82, 2.24) is 24.8 Å². The number of likely N-dealkylation sites (N-methyl/N-ethyl adjacent to an activating group) is 1.